The van der Waals surface area contributed by atoms with E-state index in [1.807, 2.05) is 53.4 Å². The lowest BCUT2D eigenvalue weighted by Gasteiger charge is -2.35. The maximum Gasteiger partial charge on any atom is 0.322 e. The molecule has 138 valence electrons. The minimum absolute atomic E-state index is 0.102. The molecule has 0 radical (unpaired) electrons. The van der Waals surface area contributed by atoms with E-state index in [1.54, 1.807) is 14.2 Å². The fourth-order valence-corrected chi connectivity index (χ4v) is 3.44. The molecule has 1 fully saturated rings. The number of piperidine rings is 1. The molecule has 5 heteroatoms. The highest BCUT2D eigenvalue weighted by molar-refractivity contribution is 5.92. The van der Waals surface area contributed by atoms with Gasteiger partial charge in [0.25, 0.3) is 0 Å². The molecule has 0 bridgehead atoms. The molecule has 5 nitrogen and oxygen atoms in total. The van der Waals surface area contributed by atoms with Crippen molar-refractivity contribution in [3.05, 3.63) is 48.5 Å². The highest BCUT2D eigenvalue weighted by atomic mass is 16.5. The van der Waals surface area contributed by atoms with Crippen LogP contribution in [0.1, 0.15) is 19.3 Å². The molecule has 0 saturated carbocycles. The van der Waals surface area contributed by atoms with Crippen LogP contribution >= 0.6 is 0 Å². The molecule has 1 N–H and O–H groups in total. The largest absolute Gasteiger partial charge is 0.495 e. The van der Waals surface area contributed by atoms with Gasteiger partial charge in [0.1, 0.15) is 5.75 Å². The van der Waals surface area contributed by atoms with E-state index < -0.39 is 0 Å². The number of carbonyl (C=O) groups is 1. The number of anilines is 1. The molecule has 1 saturated heterocycles. The topological polar surface area (TPSA) is 50.8 Å². The molecule has 2 aromatic rings. The quantitative estimate of drug-likeness (QED) is 0.866. The number of nitrogens with one attached hydrogen (secondary N) is 1. The summed E-state index contributed by atoms with van der Waals surface area (Å²) in [5.41, 5.74) is 2.82. The van der Waals surface area contributed by atoms with Crippen LogP contribution in [-0.4, -0.2) is 44.3 Å². The van der Waals surface area contributed by atoms with Gasteiger partial charge in [0.05, 0.1) is 25.4 Å². The number of rotatable bonds is 5. The third kappa shape index (κ3) is 4.17. The lowest BCUT2D eigenvalue weighted by Crippen LogP contribution is -2.47. The van der Waals surface area contributed by atoms with Crippen LogP contribution in [0.25, 0.3) is 11.1 Å². The van der Waals surface area contributed by atoms with Gasteiger partial charge in [-0.05, 0) is 42.5 Å². The number of likely N-dealkylation sites (tertiary alicyclic amines) is 1. The van der Waals surface area contributed by atoms with Gasteiger partial charge in [-0.25, -0.2) is 4.79 Å². The van der Waals surface area contributed by atoms with Crippen LogP contribution in [0.2, 0.25) is 0 Å². The standard InChI is InChI=1S/C21H26N2O3/c1-25-15-18-10-6-7-13-23(18)21(24)22-19-14-17(11-12-20(19)26-2)16-8-4-3-5-9-16/h3-5,8-9,11-12,14,18H,6-7,10,13,15H2,1-2H3,(H,22,24)/t18-/m0/s1. The summed E-state index contributed by atoms with van der Waals surface area (Å²) in [6.07, 6.45) is 3.13. The summed E-state index contributed by atoms with van der Waals surface area (Å²) in [5, 5.41) is 3.04. The minimum Gasteiger partial charge on any atom is -0.495 e. The lowest BCUT2D eigenvalue weighted by atomic mass is 10.0. The fourth-order valence-electron chi connectivity index (χ4n) is 3.44. The lowest BCUT2D eigenvalue weighted by molar-refractivity contribution is 0.0877. The fraction of sp³-hybridized carbons (Fsp3) is 0.381. The van der Waals surface area contributed by atoms with Gasteiger partial charge in [0.2, 0.25) is 0 Å². The molecule has 0 aromatic heterocycles. The highest BCUT2D eigenvalue weighted by Gasteiger charge is 2.27. The van der Waals surface area contributed by atoms with E-state index in [-0.39, 0.29) is 12.1 Å². The van der Waals surface area contributed by atoms with E-state index in [1.165, 1.54) is 0 Å². The Morgan fingerprint density at radius 1 is 1.12 bits per heavy atom. The highest BCUT2D eigenvalue weighted by Crippen LogP contribution is 2.31. The van der Waals surface area contributed by atoms with Crippen molar-refractivity contribution in [2.24, 2.45) is 0 Å². The van der Waals surface area contributed by atoms with Gasteiger partial charge < -0.3 is 19.7 Å². The van der Waals surface area contributed by atoms with Crippen molar-refractivity contribution in [3.63, 3.8) is 0 Å². The zero-order valence-electron chi connectivity index (χ0n) is 15.4. The first-order valence-electron chi connectivity index (χ1n) is 9.03. The zero-order chi connectivity index (χ0) is 18.4. The van der Waals surface area contributed by atoms with Crippen molar-refractivity contribution in [1.29, 1.82) is 0 Å². The Labute approximate surface area is 154 Å². The van der Waals surface area contributed by atoms with Gasteiger partial charge in [-0.2, -0.15) is 0 Å². The van der Waals surface area contributed by atoms with Gasteiger partial charge >= 0.3 is 6.03 Å². The average molecular weight is 354 g/mol. The third-order valence-electron chi connectivity index (χ3n) is 4.80. The Morgan fingerprint density at radius 3 is 2.65 bits per heavy atom. The molecule has 1 heterocycles. The summed E-state index contributed by atoms with van der Waals surface area (Å²) < 4.78 is 10.7. The number of amides is 2. The molecule has 1 atom stereocenters. The number of benzene rings is 2. The van der Waals surface area contributed by atoms with Crippen LogP contribution in [0.15, 0.2) is 48.5 Å². The Morgan fingerprint density at radius 2 is 1.92 bits per heavy atom. The maximum atomic E-state index is 12.9. The van der Waals surface area contributed by atoms with Crippen molar-refractivity contribution >= 4 is 11.7 Å². The number of methoxy groups -OCH3 is 2. The first-order valence-corrected chi connectivity index (χ1v) is 9.03. The van der Waals surface area contributed by atoms with Crippen molar-refractivity contribution < 1.29 is 14.3 Å². The summed E-state index contributed by atoms with van der Waals surface area (Å²) in [6.45, 7) is 1.31. The molecule has 2 amide bonds. The van der Waals surface area contributed by atoms with Crippen molar-refractivity contribution in [3.8, 4) is 16.9 Å². The summed E-state index contributed by atoms with van der Waals surface area (Å²) in [7, 11) is 3.29. The number of urea groups is 1. The minimum atomic E-state index is -0.102. The average Bonchev–Trinajstić information content (AvgIpc) is 2.69. The summed E-state index contributed by atoms with van der Waals surface area (Å²) in [4.78, 5) is 14.7. The zero-order valence-corrected chi connectivity index (χ0v) is 15.4. The molecule has 3 rings (SSSR count). The predicted molar refractivity (Wildman–Crippen MR) is 104 cm³/mol. The molecule has 0 spiro atoms. The van der Waals surface area contributed by atoms with Crippen LogP contribution in [0.5, 0.6) is 5.75 Å². The van der Waals surface area contributed by atoms with Crippen LogP contribution < -0.4 is 10.1 Å². The van der Waals surface area contributed by atoms with E-state index in [0.717, 1.165) is 36.9 Å². The second-order valence-corrected chi connectivity index (χ2v) is 6.51. The SMILES string of the molecule is COC[C@@H]1CCCCN1C(=O)Nc1cc(-c2ccccc2)ccc1OC. The third-order valence-corrected chi connectivity index (χ3v) is 4.80. The summed E-state index contributed by atoms with van der Waals surface area (Å²) in [6, 6.07) is 16.0. The van der Waals surface area contributed by atoms with E-state index in [9.17, 15) is 4.79 Å². The van der Waals surface area contributed by atoms with Gasteiger partial charge in [-0.3, -0.25) is 0 Å². The second kappa shape index (κ2) is 8.72. The molecular weight excluding hydrogens is 328 g/mol. The Balaban J connectivity index is 1.82. The summed E-state index contributed by atoms with van der Waals surface area (Å²) in [5.74, 6) is 0.651. The van der Waals surface area contributed by atoms with Crippen LogP contribution in [0.4, 0.5) is 10.5 Å². The monoisotopic (exact) mass is 354 g/mol. The smallest absolute Gasteiger partial charge is 0.322 e. The Kier molecular flexibility index (Phi) is 6.12. The number of ether oxygens (including phenoxy) is 2. The molecule has 0 unspecified atom stereocenters. The predicted octanol–water partition coefficient (Wildman–Crippen LogP) is 4.40. The molecule has 0 aliphatic carbocycles. The number of nitrogens with zero attached hydrogens (tertiary/aromatic N) is 1. The number of hydrogen-bond acceptors (Lipinski definition) is 3. The maximum absolute atomic E-state index is 12.9. The normalized spacial score (nSPS) is 17.0. The van der Waals surface area contributed by atoms with Crippen molar-refractivity contribution in [2.75, 3.05) is 32.7 Å². The molecular formula is C21H26N2O3. The number of hydrogen-bond donors (Lipinski definition) is 1. The molecule has 1 aliphatic heterocycles. The van der Waals surface area contributed by atoms with Gasteiger partial charge in [-0.1, -0.05) is 36.4 Å². The first-order chi connectivity index (χ1) is 12.7. The Bertz CT molecular complexity index is 731. The van der Waals surface area contributed by atoms with Crippen LogP contribution in [-0.2, 0) is 4.74 Å². The summed E-state index contributed by atoms with van der Waals surface area (Å²) >= 11 is 0. The first kappa shape index (κ1) is 18.3. The molecule has 1 aliphatic rings. The van der Waals surface area contributed by atoms with E-state index in [4.69, 9.17) is 9.47 Å². The van der Waals surface area contributed by atoms with Gasteiger partial charge in [0, 0.05) is 13.7 Å². The van der Waals surface area contributed by atoms with Gasteiger partial charge in [-0.15, -0.1) is 0 Å². The van der Waals surface area contributed by atoms with Crippen LogP contribution in [0, 0.1) is 0 Å². The van der Waals surface area contributed by atoms with Gasteiger partial charge in [0.15, 0.2) is 0 Å². The van der Waals surface area contributed by atoms with Crippen LogP contribution in [0.3, 0.4) is 0 Å². The van der Waals surface area contributed by atoms with E-state index >= 15 is 0 Å². The van der Waals surface area contributed by atoms with Crippen molar-refractivity contribution in [1.82, 2.24) is 4.90 Å². The van der Waals surface area contributed by atoms with E-state index in [2.05, 4.69) is 5.32 Å². The molecule has 2 aromatic carbocycles. The van der Waals surface area contributed by atoms with E-state index in [0.29, 0.717) is 18.0 Å². The Hall–Kier alpha value is -2.53. The number of carbonyl (C=O) groups excluding carboxylic acids is 1. The van der Waals surface area contributed by atoms with Crippen molar-refractivity contribution in [2.45, 2.75) is 25.3 Å². The second-order valence-electron chi connectivity index (χ2n) is 6.51. The molecule has 26 heavy (non-hydrogen) atoms.